The van der Waals surface area contributed by atoms with E-state index in [9.17, 15) is 14.4 Å². The first kappa shape index (κ1) is 69.8. The SMILES string of the molecule is CC/C=C\C/C=C\C/C=C\C/C=C\C/C=C\C/C=C\CCCCC(=O)OCC(COC(=O)CCC/C=C\C/C=C\C/C=C\C/C=C\C/C=C\CC)OC(=O)CCCCCCCC/C=C\C/C=C\C/C=C\CCCCC. The molecule has 0 heterocycles. The van der Waals surface area contributed by atoms with Gasteiger partial charge in [-0.15, -0.1) is 0 Å². The molecule has 0 aliphatic rings. The number of ether oxygens (including phenoxy) is 3. The zero-order valence-electron chi connectivity index (χ0n) is 47.7. The van der Waals surface area contributed by atoms with Gasteiger partial charge in [-0.25, -0.2) is 0 Å². The van der Waals surface area contributed by atoms with Gasteiger partial charge in [0.1, 0.15) is 13.2 Å². The Morgan fingerprint density at radius 1 is 0.280 bits per heavy atom. The zero-order valence-corrected chi connectivity index (χ0v) is 47.7. The second-order valence-corrected chi connectivity index (χ2v) is 18.8. The van der Waals surface area contributed by atoms with Gasteiger partial charge < -0.3 is 14.2 Å². The van der Waals surface area contributed by atoms with Crippen LogP contribution in [0.3, 0.4) is 0 Å². The molecule has 0 aromatic heterocycles. The Hall–Kier alpha value is -5.23. The Bertz CT molecular complexity index is 1750. The molecular weight excluding hydrogens is 925 g/mol. The lowest BCUT2D eigenvalue weighted by atomic mass is 10.1. The molecular formula is C69H106O6. The minimum absolute atomic E-state index is 0.133. The summed E-state index contributed by atoms with van der Waals surface area (Å²) in [6, 6.07) is 0. The average Bonchev–Trinajstić information content (AvgIpc) is 3.41. The summed E-state index contributed by atoms with van der Waals surface area (Å²) < 4.78 is 16.8. The maximum Gasteiger partial charge on any atom is 0.306 e. The van der Waals surface area contributed by atoms with Crippen LogP contribution in [0.2, 0.25) is 0 Å². The number of esters is 3. The van der Waals surface area contributed by atoms with Gasteiger partial charge in [0.25, 0.3) is 0 Å². The average molecular weight is 1030 g/mol. The van der Waals surface area contributed by atoms with Crippen LogP contribution < -0.4 is 0 Å². The van der Waals surface area contributed by atoms with E-state index < -0.39 is 6.10 Å². The van der Waals surface area contributed by atoms with E-state index in [2.05, 4.69) is 191 Å². The highest BCUT2D eigenvalue weighted by Gasteiger charge is 2.19. The topological polar surface area (TPSA) is 78.9 Å². The van der Waals surface area contributed by atoms with Crippen molar-refractivity contribution in [3.05, 3.63) is 170 Å². The standard InChI is InChI=1S/C69H106O6/c1-4-7-10-13-16-19-22-25-28-31-33-34-36-38-41-44-47-50-53-56-59-62-68(71)74-65-66(64-73-67(70)61-58-55-52-49-46-43-40-37-30-27-24-21-18-15-12-9-6-3)75-69(72)63-60-57-54-51-48-45-42-39-35-32-29-26-23-20-17-14-11-8-5-2/h7,9-10,12,16-21,25-30,33-35,38-41,43,47,49-50,52,66H,4-6,8,11,13-15,22-24,31-32,36-37,42,44-46,48,51,53-65H2,1-3H3/b10-7-,12-9-,19-16-,20-17-,21-18-,28-25-,29-26-,30-27-,34-33-,39-35-,41-38-,43-40-,50-47-,52-49-. The van der Waals surface area contributed by atoms with Gasteiger partial charge in [-0.3, -0.25) is 14.4 Å². The number of hydrogen-bond donors (Lipinski definition) is 0. The van der Waals surface area contributed by atoms with E-state index in [1.807, 2.05) is 0 Å². The van der Waals surface area contributed by atoms with E-state index in [-0.39, 0.29) is 50.4 Å². The van der Waals surface area contributed by atoms with Crippen molar-refractivity contribution >= 4 is 17.9 Å². The van der Waals surface area contributed by atoms with Crippen molar-refractivity contribution in [1.82, 2.24) is 0 Å². The van der Waals surface area contributed by atoms with E-state index in [0.717, 1.165) is 135 Å². The van der Waals surface area contributed by atoms with Gasteiger partial charge in [-0.05, 0) is 148 Å². The molecule has 1 unspecified atom stereocenters. The van der Waals surface area contributed by atoms with Crippen LogP contribution in [0.4, 0.5) is 0 Å². The maximum absolute atomic E-state index is 12.9. The molecule has 0 spiro atoms. The summed E-state index contributed by atoms with van der Waals surface area (Å²) in [5, 5.41) is 0. The molecule has 0 saturated carbocycles. The molecule has 0 bridgehead atoms. The number of carbonyl (C=O) groups excluding carboxylic acids is 3. The van der Waals surface area contributed by atoms with E-state index >= 15 is 0 Å². The third-order valence-corrected chi connectivity index (χ3v) is 11.7. The highest BCUT2D eigenvalue weighted by molar-refractivity contribution is 5.71. The van der Waals surface area contributed by atoms with E-state index in [0.29, 0.717) is 12.8 Å². The molecule has 0 aliphatic heterocycles. The molecule has 6 nitrogen and oxygen atoms in total. The molecule has 0 saturated heterocycles. The van der Waals surface area contributed by atoms with Gasteiger partial charge in [-0.1, -0.05) is 229 Å². The molecule has 0 aromatic rings. The Morgan fingerprint density at radius 3 is 0.893 bits per heavy atom. The maximum atomic E-state index is 12.9. The van der Waals surface area contributed by atoms with Crippen LogP contribution in [0, 0.1) is 0 Å². The lowest BCUT2D eigenvalue weighted by molar-refractivity contribution is -0.167. The molecule has 6 heteroatoms. The van der Waals surface area contributed by atoms with Crippen molar-refractivity contribution in [2.45, 2.75) is 232 Å². The Labute approximate surface area is 460 Å². The largest absolute Gasteiger partial charge is 0.462 e. The Morgan fingerprint density at radius 2 is 0.533 bits per heavy atom. The van der Waals surface area contributed by atoms with Gasteiger partial charge in [0.15, 0.2) is 6.10 Å². The van der Waals surface area contributed by atoms with Crippen molar-refractivity contribution in [1.29, 1.82) is 0 Å². The first-order chi connectivity index (χ1) is 37.0. The summed E-state index contributed by atoms with van der Waals surface area (Å²) in [5.41, 5.74) is 0. The Balaban J connectivity index is 4.61. The van der Waals surface area contributed by atoms with Crippen LogP contribution >= 0.6 is 0 Å². The minimum Gasteiger partial charge on any atom is -0.462 e. The quantitative estimate of drug-likeness (QED) is 0.0261. The first-order valence-corrected chi connectivity index (χ1v) is 29.6. The van der Waals surface area contributed by atoms with Crippen molar-refractivity contribution in [2.75, 3.05) is 13.2 Å². The molecule has 1 atom stereocenters. The number of rotatable bonds is 51. The fourth-order valence-corrected chi connectivity index (χ4v) is 7.31. The third kappa shape index (κ3) is 59.5. The highest BCUT2D eigenvalue weighted by atomic mass is 16.6. The molecule has 0 amide bonds. The predicted octanol–water partition coefficient (Wildman–Crippen LogP) is 20.3. The third-order valence-electron chi connectivity index (χ3n) is 11.7. The summed E-state index contributed by atoms with van der Waals surface area (Å²) >= 11 is 0. The molecule has 75 heavy (non-hydrogen) atoms. The van der Waals surface area contributed by atoms with Crippen LogP contribution in [-0.4, -0.2) is 37.2 Å². The number of hydrogen-bond acceptors (Lipinski definition) is 6. The molecule has 0 rings (SSSR count). The fraction of sp³-hybridized carbons (Fsp3) is 0.551. The minimum atomic E-state index is -0.837. The van der Waals surface area contributed by atoms with E-state index in [1.54, 1.807) is 0 Å². The van der Waals surface area contributed by atoms with Gasteiger partial charge in [0, 0.05) is 19.3 Å². The molecule has 0 N–H and O–H groups in total. The van der Waals surface area contributed by atoms with Crippen molar-refractivity contribution in [2.24, 2.45) is 0 Å². The second kappa shape index (κ2) is 61.3. The molecule has 0 aromatic carbocycles. The normalized spacial score (nSPS) is 13.4. The molecule has 0 radical (unpaired) electrons. The van der Waals surface area contributed by atoms with Gasteiger partial charge in [0.05, 0.1) is 0 Å². The van der Waals surface area contributed by atoms with Crippen LogP contribution in [0.1, 0.15) is 226 Å². The number of allylic oxidation sites excluding steroid dienone is 28. The number of carbonyl (C=O) groups is 3. The highest BCUT2D eigenvalue weighted by Crippen LogP contribution is 2.12. The van der Waals surface area contributed by atoms with E-state index in [1.165, 1.54) is 38.5 Å². The fourth-order valence-electron chi connectivity index (χ4n) is 7.31. The first-order valence-electron chi connectivity index (χ1n) is 29.6. The zero-order chi connectivity index (χ0) is 54.3. The van der Waals surface area contributed by atoms with Crippen molar-refractivity contribution in [3.63, 3.8) is 0 Å². The van der Waals surface area contributed by atoms with Gasteiger partial charge >= 0.3 is 17.9 Å². The summed E-state index contributed by atoms with van der Waals surface area (Å²) in [7, 11) is 0. The van der Waals surface area contributed by atoms with Crippen LogP contribution in [-0.2, 0) is 28.6 Å². The van der Waals surface area contributed by atoms with Crippen LogP contribution in [0.5, 0.6) is 0 Å². The summed E-state index contributed by atoms with van der Waals surface area (Å²) in [6.45, 7) is 6.27. The smallest absolute Gasteiger partial charge is 0.306 e. The monoisotopic (exact) mass is 1030 g/mol. The molecule has 0 aliphatic carbocycles. The van der Waals surface area contributed by atoms with Gasteiger partial charge in [-0.2, -0.15) is 0 Å². The molecule has 0 fully saturated rings. The molecule has 418 valence electrons. The van der Waals surface area contributed by atoms with Crippen molar-refractivity contribution < 1.29 is 28.6 Å². The second-order valence-electron chi connectivity index (χ2n) is 18.8. The summed E-state index contributed by atoms with van der Waals surface area (Å²) in [5.74, 6) is -1.05. The summed E-state index contributed by atoms with van der Waals surface area (Å²) in [6.07, 6.45) is 90.6. The lowest BCUT2D eigenvalue weighted by Crippen LogP contribution is -2.30. The van der Waals surface area contributed by atoms with Crippen LogP contribution in [0.15, 0.2) is 170 Å². The van der Waals surface area contributed by atoms with E-state index in [4.69, 9.17) is 14.2 Å². The van der Waals surface area contributed by atoms with Crippen LogP contribution in [0.25, 0.3) is 0 Å². The predicted molar refractivity (Wildman–Crippen MR) is 325 cm³/mol. The lowest BCUT2D eigenvalue weighted by Gasteiger charge is -2.18. The van der Waals surface area contributed by atoms with Crippen molar-refractivity contribution in [3.8, 4) is 0 Å². The Kier molecular flexibility index (Phi) is 57.0. The van der Waals surface area contributed by atoms with Gasteiger partial charge in [0.2, 0.25) is 0 Å². The number of unbranched alkanes of at least 4 members (excludes halogenated alkanes) is 12. The summed E-state index contributed by atoms with van der Waals surface area (Å²) in [4.78, 5) is 38.2.